The zero-order valence-electron chi connectivity index (χ0n) is 14.1. The Morgan fingerprint density at radius 3 is 2.61 bits per heavy atom. The zero-order chi connectivity index (χ0) is 16.0. The highest BCUT2D eigenvalue weighted by Crippen LogP contribution is 2.20. The Labute approximate surface area is 140 Å². The molecule has 2 aromatic rings. The highest BCUT2D eigenvalue weighted by atomic mass is 15.3. The van der Waals surface area contributed by atoms with Crippen molar-refractivity contribution >= 4 is 10.8 Å². The first-order chi connectivity index (χ1) is 11.3. The molecule has 1 nitrogen and oxygen atoms in total. The number of rotatable bonds is 3. The second kappa shape index (κ2) is 7.49. The zero-order valence-corrected chi connectivity index (χ0v) is 14.1. The number of benzene rings is 2. The summed E-state index contributed by atoms with van der Waals surface area (Å²) in [5.74, 6) is 6.95. The molecule has 2 aromatic carbocycles. The first kappa shape index (κ1) is 15.8. The second-order valence-electron chi connectivity index (χ2n) is 6.59. The maximum Gasteiger partial charge on any atom is 0.141 e. The van der Waals surface area contributed by atoms with E-state index in [1.807, 2.05) is 0 Å². The summed E-state index contributed by atoms with van der Waals surface area (Å²) >= 11 is 0. The summed E-state index contributed by atoms with van der Waals surface area (Å²) in [4.78, 5) is 0. The second-order valence-corrected chi connectivity index (χ2v) is 6.59. The van der Waals surface area contributed by atoms with E-state index in [1.54, 1.807) is 0 Å². The first-order valence-electron chi connectivity index (χ1n) is 8.76. The summed E-state index contributed by atoms with van der Waals surface area (Å²) in [6.45, 7) is 6.75. The summed E-state index contributed by atoms with van der Waals surface area (Å²) in [5, 5.41) is 2.54. The number of nitrogens with zero attached hydrogens (tertiary/aromatic N) is 1. The van der Waals surface area contributed by atoms with Crippen molar-refractivity contribution < 1.29 is 4.48 Å². The number of allylic oxidation sites excluding steroid dienone is 1. The van der Waals surface area contributed by atoms with Crippen LogP contribution in [0.4, 0.5) is 0 Å². The molecule has 1 saturated heterocycles. The molecule has 0 aromatic heterocycles. The third-order valence-corrected chi connectivity index (χ3v) is 4.92. The molecule has 1 heterocycles. The molecule has 0 bridgehead atoms. The summed E-state index contributed by atoms with van der Waals surface area (Å²) in [6, 6.07) is 14.9. The summed E-state index contributed by atoms with van der Waals surface area (Å²) < 4.78 is 1.14. The van der Waals surface area contributed by atoms with Crippen LogP contribution in [0, 0.1) is 11.8 Å². The average Bonchev–Trinajstić information content (AvgIpc) is 2.61. The number of hydrogen-bond donors (Lipinski definition) is 0. The maximum atomic E-state index is 3.50. The molecule has 0 amide bonds. The number of piperidine rings is 1. The third kappa shape index (κ3) is 3.84. The van der Waals surface area contributed by atoms with Gasteiger partial charge in [0.1, 0.15) is 6.54 Å². The van der Waals surface area contributed by atoms with E-state index in [4.69, 9.17) is 0 Å². The number of fused-ring (bicyclic) bond motifs is 1. The fraction of sp³-hybridized carbons (Fsp3) is 0.364. The highest BCUT2D eigenvalue weighted by molar-refractivity contribution is 5.88. The maximum absolute atomic E-state index is 3.50. The van der Waals surface area contributed by atoms with Crippen molar-refractivity contribution in [2.45, 2.75) is 26.2 Å². The van der Waals surface area contributed by atoms with E-state index in [9.17, 15) is 0 Å². The SMILES string of the molecule is CC=CC[N+]1(CC#Cc2cccc3ccccc23)CCCCC1. The van der Waals surface area contributed by atoms with Crippen LogP contribution in [0.2, 0.25) is 0 Å². The van der Waals surface area contributed by atoms with E-state index in [1.165, 1.54) is 43.1 Å². The molecule has 3 rings (SSSR count). The lowest BCUT2D eigenvalue weighted by Gasteiger charge is -2.39. The molecule has 0 aliphatic carbocycles. The number of likely N-dealkylation sites (tertiary alicyclic amines) is 1. The van der Waals surface area contributed by atoms with Gasteiger partial charge in [-0.3, -0.25) is 0 Å². The van der Waals surface area contributed by atoms with Crippen LogP contribution in [0.1, 0.15) is 31.7 Å². The normalized spacial score (nSPS) is 17.1. The Morgan fingerprint density at radius 2 is 1.78 bits per heavy atom. The molecule has 23 heavy (non-hydrogen) atoms. The Hall–Kier alpha value is -2.04. The van der Waals surface area contributed by atoms with Crippen LogP contribution in [0.5, 0.6) is 0 Å². The molecular formula is C22H26N+. The van der Waals surface area contributed by atoms with E-state index in [0.717, 1.165) is 23.1 Å². The molecule has 1 aliphatic heterocycles. The van der Waals surface area contributed by atoms with Gasteiger partial charge in [-0.2, -0.15) is 0 Å². The quantitative estimate of drug-likeness (QED) is 0.435. The van der Waals surface area contributed by atoms with Crippen LogP contribution < -0.4 is 0 Å². The summed E-state index contributed by atoms with van der Waals surface area (Å²) in [7, 11) is 0. The van der Waals surface area contributed by atoms with Crippen molar-refractivity contribution in [2.24, 2.45) is 0 Å². The molecule has 1 fully saturated rings. The van der Waals surface area contributed by atoms with Gasteiger partial charge in [-0.15, -0.1) is 0 Å². The van der Waals surface area contributed by atoms with E-state index in [2.05, 4.69) is 73.4 Å². The van der Waals surface area contributed by atoms with Gasteiger partial charge in [-0.1, -0.05) is 48.4 Å². The summed E-state index contributed by atoms with van der Waals surface area (Å²) in [5.41, 5.74) is 1.16. The van der Waals surface area contributed by atoms with Crippen LogP contribution in [0.15, 0.2) is 54.6 Å². The Kier molecular flexibility index (Phi) is 5.16. The minimum absolute atomic E-state index is 0.966. The van der Waals surface area contributed by atoms with Crippen LogP contribution in [-0.4, -0.2) is 30.7 Å². The minimum atomic E-state index is 0.966. The van der Waals surface area contributed by atoms with E-state index < -0.39 is 0 Å². The topological polar surface area (TPSA) is 0 Å². The lowest BCUT2D eigenvalue weighted by Crippen LogP contribution is -2.51. The van der Waals surface area contributed by atoms with E-state index in [-0.39, 0.29) is 0 Å². The number of quaternary nitrogens is 1. The van der Waals surface area contributed by atoms with Gasteiger partial charge < -0.3 is 4.48 Å². The van der Waals surface area contributed by atoms with Gasteiger partial charge in [0, 0.05) is 5.56 Å². The monoisotopic (exact) mass is 304 g/mol. The Balaban J connectivity index is 1.82. The lowest BCUT2D eigenvalue weighted by atomic mass is 10.0. The standard InChI is InChI=1S/C22H26N/c1-2-3-16-23(17-7-4-8-18-23)19-10-14-21-13-9-12-20-11-5-6-15-22(20)21/h2-3,5-6,9,11-13,15H,4,7-8,16-19H2,1H3/q+1. The van der Waals surface area contributed by atoms with Crippen LogP contribution in [-0.2, 0) is 0 Å². The van der Waals surface area contributed by atoms with Crippen LogP contribution >= 0.6 is 0 Å². The number of hydrogen-bond acceptors (Lipinski definition) is 0. The Morgan fingerprint density at radius 1 is 1.00 bits per heavy atom. The summed E-state index contributed by atoms with van der Waals surface area (Å²) in [6.07, 6.45) is 8.55. The molecule has 0 unspecified atom stereocenters. The molecule has 1 aliphatic rings. The van der Waals surface area contributed by atoms with Crippen molar-refractivity contribution in [1.82, 2.24) is 0 Å². The third-order valence-electron chi connectivity index (χ3n) is 4.92. The van der Waals surface area contributed by atoms with Crippen LogP contribution in [0.25, 0.3) is 10.8 Å². The fourth-order valence-electron chi connectivity index (χ4n) is 3.55. The van der Waals surface area contributed by atoms with Crippen molar-refractivity contribution in [3.8, 4) is 11.8 Å². The largest absolute Gasteiger partial charge is 0.310 e. The van der Waals surface area contributed by atoms with Gasteiger partial charge in [0.25, 0.3) is 0 Å². The predicted molar refractivity (Wildman–Crippen MR) is 99.2 cm³/mol. The smallest absolute Gasteiger partial charge is 0.141 e. The molecular weight excluding hydrogens is 278 g/mol. The molecule has 0 saturated carbocycles. The van der Waals surface area contributed by atoms with Gasteiger partial charge in [0.05, 0.1) is 19.6 Å². The molecule has 0 radical (unpaired) electrons. The highest BCUT2D eigenvalue weighted by Gasteiger charge is 2.27. The Bertz CT molecular complexity index is 734. The van der Waals surface area contributed by atoms with E-state index in [0.29, 0.717) is 0 Å². The molecule has 1 heteroatoms. The van der Waals surface area contributed by atoms with Gasteiger partial charge in [0.2, 0.25) is 0 Å². The minimum Gasteiger partial charge on any atom is -0.310 e. The first-order valence-corrected chi connectivity index (χ1v) is 8.76. The fourth-order valence-corrected chi connectivity index (χ4v) is 3.55. The van der Waals surface area contributed by atoms with Crippen molar-refractivity contribution in [2.75, 3.05) is 26.2 Å². The molecule has 0 N–H and O–H groups in total. The molecule has 118 valence electrons. The van der Waals surface area contributed by atoms with Gasteiger partial charge in [-0.25, -0.2) is 0 Å². The van der Waals surface area contributed by atoms with Gasteiger partial charge in [0.15, 0.2) is 0 Å². The van der Waals surface area contributed by atoms with Gasteiger partial charge in [-0.05, 0) is 55.0 Å². The van der Waals surface area contributed by atoms with Crippen molar-refractivity contribution in [1.29, 1.82) is 0 Å². The van der Waals surface area contributed by atoms with Crippen LogP contribution in [0.3, 0.4) is 0 Å². The van der Waals surface area contributed by atoms with Crippen molar-refractivity contribution in [3.05, 3.63) is 60.2 Å². The van der Waals surface area contributed by atoms with Crippen molar-refractivity contribution in [3.63, 3.8) is 0 Å². The molecule has 0 spiro atoms. The van der Waals surface area contributed by atoms with Gasteiger partial charge >= 0.3 is 0 Å². The predicted octanol–water partition coefficient (Wildman–Crippen LogP) is 4.77. The molecule has 0 atom stereocenters. The lowest BCUT2D eigenvalue weighted by molar-refractivity contribution is -0.920. The van der Waals surface area contributed by atoms with E-state index >= 15 is 0 Å². The average molecular weight is 304 g/mol.